The van der Waals surface area contributed by atoms with Crippen LogP contribution in [0.2, 0.25) is 0 Å². The maximum atomic E-state index is 10.1. The number of nitrogens with one attached hydrogen (secondary N) is 1. The van der Waals surface area contributed by atoms with Crippen molar-refractivity contribution in [1.82, 2.24) is 5.48 Å². The Morgan fingerprint density at radius 3 is 2.82 bits per heavy atom. The molecule has 3 N–H and O–H groups in total. The van der Waals surface area contributed by atoms with E-state index in [1.54, 1.807) is 0 Å². The minimum absolute atomic E-state index is 0.0871. The first kappa shape index (κ1) is 10.1. The second-order valence-corrected chi connectivity index (χ2v) is 2.36. The highest BCUT2D eigenvalue weighted by atomic mass is 16.6. The fourth-order valence-corrected chi connectivity index (χ4v) is 0.459. The summed E-state index contributed by atoms with van der Waals surface area (Å²) in [6.45, 7) is 6.20. The summed E-state index contributed by atoms with van der Waals surface area (Å²) in [5.74, 6) is -0.479. The molecule has 0 rings (SSSR count). The zero-order valence-corrected chi connectivity index (χ0v) is 6.72. The Morgan fingerprint density at radius 1 is 1.73 bits per heavy atom. The molecular weight excluding hydrogens is 144 g/mol. The van der Waals surface area contributed by atoms with Crippen molar-refractivity contribution in [3.05, 3.63) is 12.2 Å². The Morgan fingerprint density at radius 2 is 2.36 bits per heavy atom. The van der Waals surface area contributed by atoms with Crippen LogP contribution in [0.25, 0.3) is 0 Å². The third-order valence-corrected chi connectivity index (χ3v) is 0.970. The lowest BCUT2D eigenvalue weighted by molar-refractivity contribution is -0.125. The number of primary amides is 1. The van der Waals surface area contributed by atoms with E-state index in [2.05, 4.69) is 16.9 Å². The number of amides is 1. The number of hydroxylamine groups is 1. The van der Waals surface area contributed by atoms with Crippen LogP contribution in [0.1, 0.15) is 13.3 Å². The van der Waals surface area contributed by atoms with Crippen molar-refractivity contribution >= 4 is 5.91 Å². The molecule has 0 unspecified atom stereocenters. The van der Waals surface area contributed by atoms with E-state index >= 15 is 0 Å². The summed E-state index contributed by atoms with van der Waals surface area (Å²) in [5.41, 5.74) is 8.47. The van der Waals surface area contributed by atoms with Crippen LogP contribution in [0.15, 0.2) is 12.2 Å². The van der Waals surface area contributed by atoms with Gasteiger partial charge in [0.25, 0.3) is 0 Å². The van der Waals surface area contributed by atoms with Crippen molar-refractivity contribution in [2.45, 2.75) is 13.3 Å². The lowest BCUT2D eigenvalue weighted by atomic mass is 10.2. The van der Waals surface area contributed by atoms with Crippen LogP contribution in [0.5, 0.6) is 0 Å². The number of carbonyl (C=O) groups is 1. The molecule has 0 aromatic rings. The van der Waals surface area contributed by atoms with Crippen molar-refractivity contribution in [3.8, 4) is 0 Å². The predicted octanol–water partition coefficient (Wildman–Crippen LogP) is -0.0409. The molecule has 0 aromatic heterocycles. The summed E-state index contributed by atoms with van der Waals surface area (Å²) < 4.78 is 0. The number of hydrogen-bond donors (Lipinski definition) is 2. The van der Waals surface area contributed by atoms with Crippen molar-refractivity contribution < 1.29 is 9.63 Å². The van der Waals surface area contributed by atoms with Crippen LogP contribution in [0.4, 0.5) is 0 Å². The molecule has 0 radical (unpaired) electrons. The highest BCUT2D eigenvalue weighted by Gasteiger charge is 1.92. The maximum Gasteiger partial charge on any atom is 0.245 e. The lowest BCUT2D eigenvalue weighted by Gasteiger charge is -2.02. The Kier molecular flexibility index (Phi) is 5.42. The molecular formula is C7H14N2O2. The van der Waals surface area contributed by atoms with E-state index in [4.69, 9.17) is 5.73 Å². The SMILES string of the molecule is C=C(C)CCNOCC(N)=O. The molecule has 1 amide bonds. The standard InChI is InChI=1S/C7H14N2O2/c1-6(2)3-4-9-11-5-7(8)10/h9H,1,3-5H2,2H3,(H2,8,10). The van der Waals surface area contributed by atoms with Crippen LogP contribution in [-0.2, 0) is 9.63 Å². The quantitative estimate of drug-likeness (QED) is 0.324. The summed E-state index contributed by atoms with van der Waals surface area (Å²) in [5, 5.41) is 0. The van der Waals surface area contributed by atoms with Crippen molar-refractivity contribution in [2.75, 3.05) is 13.2 Å². The monoisotopic (exact) mass is 158 g/mol. The molecule has 0 heterocycles. The van der Waals surface area contributed by atoms with Gasteiger partial charge in [-0.25, -0.2) is 5.48 Å². The predicted molar refractivity (Wildman–Crippen MR) is 42.6 cm³/mol. The lowest BCUT2D eigenvalue weighted by Crippen LogP contribution is -2.25. The summed E-state index contributed by atoms with van der Waals surface area (Å²) in [7, 11) is 0. The third kappa shape index (κ3) is 9.13. The molecule has 0 bridgehead atoms. The minimum Gasteiger partial charge on any atom is -0.368 e. The van der Waals surface area contributed by atoms with Gasteiger partial charge in [-0.1, -0.05) is 5.57 Å². The van der Waals surface area contributed by atoms with Crippen molar-refractivity contribution in [1.29, 1.82) is 0 Å². The van der Waals surface area contributed by atoms with Gasteiger partial charge in [-0.15, -0.1) is 6.58 Å². The number of carbonyl (C=O) groups excluding carboxylic acids is 1. The van der Waals surface area contributed by atoms with Crippen LogP contribution < -0.4 is 11.2 Å². The fraction of sp³-hybridized carbons (Fsp3) is 0.571. The molecule has 4 nitrogen and oxygen atoms in total. The Hall–Kier alpha value is -0.870. The van der Waals surface area contributed by atoms with Gasteiger partial charge in [0.2, 0.25) is 5.91 Å². The van der Waals surface area contributed by atoms with E-state index in [-0.39, 0.29) is 6.61 Å². The molecule has 0 saturated carbocycles. The average Bonchev–Trinajstić information content (AvgIpc) is 1.85. The largest absolute Gasteiger partial charge is 0.368 e. The first-order chi connectivity index (χ1) is 5.13. The minimum atomic E-state index is -0.479. The Bertz CT molecular complexity index is 129. The van der Waals surface area contributed by atoms with Gasteiger partial charge in [0, 0.05) is 6.54 Å². The van der Waals surface area contributed by atoms with E-state index in [1.807, 2.05) is 6.92 Å². The second-order valence-electron chi connectivity index (χ2n) is 2.36. The smallest absolute Gasteiger partial charge is 0.245 e. The zero-order chi connectivity index (χ0) is 8.69. The molecule has 4 heteroatoms. The van der Waals surface area contributed by atoms with Gasteiger partial charge < -0.3 is 5.73 Å². The van der Waals surface area contributed by atoms with Gasteiger partial charge >= 0.3 is 0 Å². The molecule has 0 aliphatic heterocycles. The Labute approximate surface area is 66.4 Å². The molecule has 0 fully saturated rings. The maximum absolute atomic E-state index is 10.1. The number of hydrogen-bond acceptors (Lipinski definition) is 3. The van der Waals surface area contributed by atoms with Crippen molar-refractivity contribution in [2.24, 2.45) is 5.73 Å². The summed E-state index contributed by atoms with van der Waals surface area (Å²) in [6.07, 6.45) is 0.832. The molecule has 0 saturated heterocycles. The highest BCUT2D eigenvalue weighted by Crippen LogP contribution is 1.91. The van der Waals surface area contributed by atoms with E-state index in [0.717, 1.165) is 12.0 Å². The summed E-state index contributed by atoms with van der Waals surface area (Å²) >= 11 is 0. The molecule has 0 aliphatic carbocycles. The summed E-state index contributed by atoms with van der Waals surface area (Å²) in [4.78, 5) is 14.8. The van der Waals surface area contributed by atoms with E-state index in [0.29, 0.717) is 6.54 Å². The topological polar surface area (TPSA) is 64.3 Å². The van der Waals surface area contributed by atoms with E-state index in [9.17, 15) is 4.79 Å². The summed E-state index contributed by atoms with van der Waals surface area (Å²) in [6, 6.07) is 0. The number of nitrogens with two attached hydrogens (primary N) is 1. The van der Waals surface area contributed by atoms with Gasteiger partial charge in [0.1, 0.15) is 6.61 Å². The van der Waals surface area contributed by atoms with Crippen LogP contribution in [0, 0.1) is 0 Å². The molecule has 11 heavy (non-hydrogen) atoms. The molecule has 0 aromatic carbocycles. The molecule has 0 atom stereocenters. The average molecular weight is 158 g/mol. The second kappa shape index (κ2) is 5.88. The van der Waals surface area contributed by atoms with Gasteiger partial charge in [-0.2, -0.15) is 0 Å². The van der Waals surface area contributed by atoms with Crippen molar-refractivity contribution in [3.63, 3.8) is 0 Å². The number of rotatable bonds is 6. The van der Waals surface area contributed by atoms with Crippen LogP contribution in [0.3, 0.4) is 0 Å². The Balaban J connectivity index is 3.03. The van der Waals surface area contributed by atoms with Gasteiger partial charge in [-0.05, 0) is 13.3 Å². The third-order valence-electron chi connectivity index (χ3n) is 0.970. The zero-order valence-electron chi connectivity index (χ0n) is 6.72. The van der Waals surface area contributed by atoms with E-state index in [1.165, 1.54) is 0 Å². The first-order valence-corrected chi connectivity index (χ1v) is 3.40. The first-order valence-electron chi connectivity index (χ1n) is 3.40. The van der Waals surface area contributed by atoms with Crippen LogP contribution >= 0.6 is 0 Å². The van der Waals surface area contributed by atoms with Gasteiger partial charge in [0.05, 0.1) is 0 Å². The van der Waals surface area contributed by atoms with Gasteiger partial charge in [-0.3, -0.25) is 9.63 Å². The van der Waals surface area contributed by atoms with Gasteiger partial charge in [0.15, 0.2) is 0 Å². The van der Waals surface area contributed by atoms with Crippen LogP contribution in [-0.4, -0.2) is 19.1 Å². The normalized spacial score (nSPS) is 9.55. The van der Waals surface area contributed by atoms with E-state index < -0.39 is 5.91 Å². The molecule has 0 aliphatic rings. The fourth-order valence-electron chi connectivity index (χ4n) is 0.459. The molecule has 0 spiro atoms. The molecule has 64 valence electrons. The highest BCUT2D eigenvalue weighted by molar-refractivity contribution is 5.74.